The molecule has 0 aliphatic carbocycles. The second-order valence-electron chi connectivity index (χ2n) is 5.98. The van der Waals surface area contributed by atoms with Gasteiger partial charge in [-0.3, -0.25) is 9.69 Å². The lowest BCUT2D eigenvalue weighted by atomic mass is 10.1. The Hall–Kier alpha value is -0.850. The number of rotatable bonds is 7. The fraction of sp³-hybridized carbons (Fsp3) is 0.588. The third-order valence-corrected chi connectivity index (χ3v) is 3.64. The molecule has 1 amide bonds. The predicted molar refractivity (Wildman–Crippen MR) is 102 cm³/mol. The van der Waals surface area contributed by atoms with Crippen molar-refractivity contribution in [3.8, 4) is 0 Å². The maximum absolute atomic E-state index is 12.0. The van der Waals surface area contributed by atoms with E-state index >= 15 is 0 Å². The third kappa shape index (κ3) is 8.85. The SMILES string of the molecule is CC(C)OCc1cccc(CNC(=O)CN2CCNCC2)c1.Cl.Cl. The highest BCUT2D eigenvalue weighted by atomic mass is 35.5. The van der Waals surface area contributed by atoms with Crippen LogP contribution in [-0.4, -0.2) is 49.6 Å². The zero-order valence-corrected chi connectivity index (χ0v) is 16.0. The summed E-state index contributed by atoms with van der Waals surface area (Å²) in [5.74, 6) is 0.0886. The summed E-state index contributed by atoms with van der Waals surface area (Å²) in [5.41, 5.74) is 2.25. The summed E-state index contributed by atoms with van der Waals surface area (Å²) >= 11 is 0. The van der Waals surface area contributed by atoms with Crippen LogP contribution in [0.2, 0.25) is 0 Å². The number of carbonyl (C=O) groups excluding carboxylic acids is 1. The van der Waals surface area contributed by atoms with E-state index in [9.17, 15) is 4.79 Å². The van der Waals surface area contributed by atoms with E-state index in [2.05, 4.69) is 27.7 Å². The van der Waals surface area contributed by atoms with Crippen LogP contribution in [0.1, 0.15) is 25.0 Å². The zero-order chi connectivity index (χ0) is 15.8. The summed E-state index contributed by atoms with van der Waals surface area (Å²) in [6.07, 6.45) is 0.224. The number of hydrogen-bond donors (Lipinski definition) is 2. The molecule has 1 aliphatic heterocycles. The lowest BCUT2D eigenvalue weighted by Crippen LogP contribution is -2.47. The first-order chi connectivity index (χ1) is 10.6. The Morgan fingerprint density at radius 3 is 2.58 bits per heavy atom. The van der Waals surface area contributed by atoms with Gasteiger partial charge in [-0.1, -0.05) is 24.3 Å². The number of amides is 1. The van der Waals surface area contributed by atoms with Crippen molar-refractivity contribution in [2.24, 2.45) is 0 Å². The predicted octanol–water partition coefficient (Wildman–Crippen LogP) is 1.98. The molecule has 0 radical (unpaired) electrons. The van der Waals surface area contributed by atoms with Crippen LogP contribution in [0, 0.1) is 0 Å². The van der Waals surface area contributed by atoms with Gasteiger partial charge in [0.25, 0.3) is 0 Å². The molecule has 138 valence electrons. The molecule has 0 spiro atoms. The van der Waals surface area contributed by atoms with Crippen LogP contribution in [0.25, 0.3) is 0 Å². The van der Waals surface area contributed by atoms with Crippen molar-refractivity contribution in [1.29, 1.82) is 0 Å². The van der Waals surface area contributed by atoms with Crippen LogP contribution >= 0.6 is 24.8 Å². The van der Waals surface area contributed by atoms with Gasteiger partial charge in [-0.15, -0.1) is 24.8 Å². The summed E-state index contributed by atoms with van der Waals surface area (Å²) in [5, 5.41) is 6.28. The Balaban J connectivity index is 0.00000264. The van der Waals surface area contributed by atoms with Crippen molar-refractivity contribution in [3.05, 3.63) is 35.4 Å². The van der Waals surface area contributed by atoms with Crippen LogP contribution in [0.3, 0.4) is 0 Å². The molecule has 1 heterocycles. The molecule has 0 unspecified atom stereocenters. The van der Waals surface area contributed by atoms with Crippen molar-refractivity contribution < 1.29 is 9.53 Å². The van der Waals surface area contributed by atoms with E-state index in [-0.39, 0.29) is 36.8 Å². The largest absolute Gasteiger partial charge is 0.374 e. The number of hydrogen-bond acceptors (Lipinski definition) is 4. The van der Waals surface area contributed by atoms with Gasteiger partial charge in [-0.05, 0) is 25.0 Å². The van der Waals surface area contributed by atoms with Crippen LogP contribution in [0.4, 0.5) is 0 Å². The van der Waals surface area contributed by atoms with Crippen molar-refractivity contribution in [3.63, 3.8) is 0 Å². The fourth-order valence-electron chi connectivity index (χ4n) is 2.42. The minimum atomic E-state index is 0. The van der Waals surface area contributed by atoms with Gasteiger partial charge in [0, 0.05) is 32.7 Å². The van der Waals surface area contributed by atoms with Crippen LogP contribution < -0.4 is 10.6 Å². The number of halogens is 2. The van der Waals surface area contributed by atoms with Gasteiger partial charge in [-0.2, -0.15) is 0 Å². The zero-order valence-electron chi connectivity index (χ0n) is 14.4. The number of carbonyl (C=O) groups is 1. The molecule has 1 aliphatic rings. The van der Waals surface area contributed by atoms with Crippen LogP contribution in [0.5, 0.6) is 0 Å². The summed E-state index contributed by atoms with van der Waals surface area (Å²) in [6.45, 7) is 9.53. The van der Waals surface area contributed by atoms with Gasteiger partial charge in [0.05, 0.1) is 19.3 Å². The quantitative estimate of drug-likeness (QED) is 0.762. The van der Waals surface area contributed by atoms with Crippen LogP contribution in [-0.2, 0) is 22.7 Å². The van der Waals surface area contributed by atoms with E-state index in [1.807, 2.05) is 26.0 Å². The molecular formula is C17H29Cl2N3O2. The molecule has 2 N–H and O–H groups in total. The molecule has 1 aromatic rings. The lowest BCUT2D eigenvalue weighted by molar-refractivity contribution is -0.122. The van der Waals surface area contributed by atoms with E-state index < -0.39 is 0 Å². The number of piperazine rings is 1. The minimum Gasteiger partial charge on any atom is -0.374 e. The number of benzene rings is 1. The smallest absolute Gasteiger partial charge is 0.234 e. The molecule has 7 heteroatoms. The first-order valence-corrected chi connectivity index (χ1v) is 8.02. The van der Waals surface area contributed by atoms with Gasteiger partial charge in [-0.25, -0.2) is 0 Å². The molecular weight excluding hydrogens is 349 g/mol. The molecule has 5 nitrogen and oxygen atoms in total. The van der Waals surface area contributed by atoms with Gasteiger partial charge in [0.15, 0.2) is 0 Å². The molecule has 0 aromatic heterocycles. The van der Waals surface area contributed by atoms with Gasteiger partial charge in [0.2, 0.25) is 5.91 Å². The van der Waals surface area contributed by atoms with E-state index in [4.69, 9.17) is 4.74 Å². The molecule has 0 bridgehead atoms. The number of nitrogens with one attached hydrogen (secondary N) is 2. The molecule has 1 fully saturated rings. The van der Waals surface area contributed by atoms with E-state index in [0.29, 0.717) is 19.7 Å². The highest BCUT2D eigenvalue weighted by Crippen LogP contribution is 2.08. The van der Waals surface area contributed by atoms with Crippen molar-refractivity contribution in [1.82, 2.24) is 15.5 Å². The Bertz CT molecular complexity index is 481. The average molecular weight is 378 g/mol. The Kier molecular flexibility index (Phi) is 12.1. The molecule has 0 atom stereocenters. The monoisotopic (exact) mass is 377 g/mol. The normalized spacial score (nSPS) is 14.6. The molecule has 0 saturated carbocycles. The van der Waals surface area contributed by atoms with Crippen molar-refractivity contribution >= 4 is 30.7 Å². The Morgan fingerprint density at radius 2 is 1.92 bits per heavy atom. The Morgan fingerprint density at radius 1 is 1.25 bits per heavy atom. The van der Waals surface area contributed by atoms with Gasteiger partial charge >= 0.3 is 0 Å². The third-order valence-electron chi connectivity index (χ3n) is 3.64. The summed E-state index contributed by atoms with van der Waals surface area (Å²) in [7, 11) is 0. The topological polar surface area (TPSA) is 53.6 Å². The van der Waals surface area contributed by atoms with Gasteiger partial charge < -0.3 is 15.4 Å². The standard InChI is InChI=1S/C17H27N3O2.2ClH/c1-14(2)22-13-16-5-3-4-15(10-16)11-19-17(21)12-20-8-6-18-7-9-20;;/h3-5,10,14,18H,6-9,11-13H2,1-2H3,(H,19,21);2*1H. The second-order valence-corrected chi connectivity index (χ2v) is 5.98. The number of ether oxygens (including phenoxy) is 1. The first kappa shape index (κ1) is 23.1. The van der Waals surface area contributed by atoms with Crippen LogP contribution in [0.15, 0.2) is 24.3 Å². The minimum absolute atomic E-state index is 0. The highest BCUT2D eigenvalue weighted by Gasteiger charge is 2.13. The first-order valence-electron chi connectivity index (χ1n) is 8.02. The van der Waals surface area contributed by atoms with Crippen molar-refractivity contribution in [2.75, 3.05) is 32.7 Å². The maximum Gasteiger partial charge on any atom is 0.234 e. The fourth-order valence-corrected chi connectivity index (χ4v) is 2.42. The molecule has 2 rings (SSSR count). The summed E-state index contributed by atoms with van der Waals surface area (Å²) in [6, 6.07) is 8.18. The molecule has 24 heavy (non-hydrogen) atoms. The van der Waals surface area contributed by atoms with Gasteiger partial charge in [0.1, 0.15) is 0 Å². The second kappa shape index (κ2) is 12.5. The maximum atomic E-state index is 12.0. The molecule has 1 aromatic carbocycles. The highest BCUT2D eigenvalue weighted by molar-refractivity contribution is 5.85. The van der Waals surface area contributed by atoms with E-state index in [0.717, 1.165) is 37.3 Å². The summed E-state index contributed by atoms with van der Waals surface area (Å²) in [4.78, 5) is 14.2. The molecule has 1 saturated heterocycles. The summed E-state index contributed by atoms with van der Waals surface area (Å²) < 4.78 is 5.61. The van der Waals surface area contributed by atoms with Crippen molar-refractivity contribution in [2.45, 2.75) is 33.1 Å². The lowest BCUT2D eigenvalue weighted by Gasteiger charge is -2.26. The average Bonchev–Trinajstić information content (AvgIpc) is 2.52. The van der Waals surface area contributed by atoms with E-state index in [1.54, 1.807) is 0 Å². The number of nitrogens with zero attached hydrogens (tertiary/aromatic N) is 1. The Labute approximate surface area is 157 Å². The van der Waals surface area contributed by atoms with E-state index in [1.165, 1.54) is 0 Å².